The van der Waals surface area contributed by atoms with Crippen molar-refractivity contribution in [3.05, 3.63) is 176 Å². The maximum atomic E-state index is 5.21. The fraction of sp³-hybridized carbons (Fsp3) is 0. The first-order chi connectivity index (χ1) is 23.8. The van der Waals surface area contributed by atoms with Crippen molar-refractivity contribution >= 4 is 32.3 Å². The third kappa shape index (κ3) is 4.99. The lowest BCUT2D eigenvalue weighted by molar-refractivity contribution is 1.19. The van der Waals surface area contributed by atoms with Gasteiger partial charge in [-0.15, -0.1) is 0 Å². The Balaban J connectivity index is 1.12. The maximum Gasteiger partial charge on any atom is 0.161 e. The van der Waals surface area contributed by atoms with Gasteiger partial charge in [-0.25, -0.2) is 9.97 Å². The van der Waals surface area contributed by atoms with Crippen LogP contribution in [0.1, 0.15) is 0 Å². The molecule has 224 valence electrons. The van der Waals surface area contributed by atoms with Gasteiger partial charge in [0.15, 0.2) is 5.82 Å². The second kappa shape index (κ2) is 11.7. The second-order valence-electron chi connectivity index (χ2n) is 12.1. The molecule has 0 spiro atoms. The maximum absolute atomic E-state index is 5.21. The predicted octanol–water partition coefficient (Wildman–Crippen LogP) is 11.7. The molecule has 2 aromatic heterocycles. The van der Waals surface area contributed by atoms with Crippen molar-refractivity contribution in [2.24, 2.45) is 0 Å². The highest BCUT2D eigenvalue weighted by molar-refractivity contribution is 6.13. The third-order valence-electron chi connectivity index (χ3n) is 9.18. The molecule has 0 saturated carbocycles. The molecule has 7 aromatic carbocycles. The van der Waals surface area contributed by atoms with Crippen molar-refractivity contribution in [2.45, 2.75) is 0 Å². The fourth-order valence-corrected chi connectivity index (χ4v) is 6.73. The molecule has 48 heavy (non-hydrogen) atoms. The van der Waals surface area contributed by atoms with E-state index in [0.29, 0.717) is 0 Å². The molecule has 2 heterocycles. The largest absolute Gasteiger partial charge is 0.263 e. The van der Waals surface area contributed by atoms with Crippen molar-refractivity contribution < 1.29 is 0 Å². The van der Waals surface area contributed by atoms with Gasteiger partial charge < -0.3 is 0 Å². The van der Waals surface area contributed by atoms with Crippen LogP contribution in [0.25, 0.3) is 88.5 Å². The molecule has 0 bridgehead atoms. The minimum absolute atomic E-state index is 0.718. The number of hydrogen-bond acceptors (Lipinski definition) is 3. The molecule has 0 radical (unpaired) electrons. The Hall–Kier alpha value is -6.45. The molecule has 3 heteroatoms. The summed E-state index contributed by atoms with van der Waals surface area (Å²) in [5.41, 5.74) is 9.53. The first kappa shape index (κ1) is 27.8. The Morgan fingerprint density at radius 2 is 0.833 bits per heavy atom. The average molecular weight is 612 g/mol. The van der Waals surface area contributed by atoms with E-state index in [4.69, 9.17) is 9.97 Å². The summed E-state index contributed by atoms with van der Waals surface area (Å²) in [7, 11) is 0. The summed E-state index contributed by atoms with van der Waals surface area (Å²) in [5, 5.41) is 7.10. The zero-order valence-electron chi connectivity index (χ0n) is 26.1. The molecule has 0 fully saturated rings. The first-order valence-electron chi connectivity index (χ1n) is 16.2. The summed E-state index contributed by atoms with van der Waals surface area (Å²) in [6, 6.07) is 57.6. The van der Waals surface area contributed by atoms with E-state index in [0.717, 1.165) is 66.9 Å². The van der Waals surface area contributed by atoms with Crippen molar-refractivity contribution in [1.82, 2.24) is 15.0 Å². The average Bonchev–Trinajstić information content (AvgIpc) is 3.17. The van der Waals surface area contributed by atoms with Gasteiger partial charge in [-0.1, -0.05) is 152 Å². The molecule has 0 atom stereocenters. The van der Waals surface area contributed by atoms with E-state index in [9.17, 15) is 0 Å². The molecular formula is C45H29N3. The van der Waals surface area contributed by atoms with Crippen molar-refractivity contribution in [3.8, 4) is 56.2 Å². The fourth-order valence-electron chi connectivity index (χ4n) is 6.73. The van der Waals surface area contributed by atoms with Crippen LogP contribution in [0.5, 0.6) is 0 Å². The number of fused-ring (bicyclic) bond motifs is 4. The number of nitrogens with zero attached hydrogens (tertiary/aromatic N) is 3. The summed E-state index contributed by atoms with van der Waals surface area (Å²) in [5.74, 6) is 0.718. The lowest BCUT2D eigenvalue weighted by atomic mass is 9.96. The Kier molecular flexibility index (Phi) is 6.80. The number of hydrogen-bond donors (Lipinski definition) is 0. The minimum Gasteiger partial charge on any atom is -0.263 e. The Morgan fingerprint density at radius 3 is 1.54 bits per heavy atom. The van der Waals surface area contributed by atoms with E-state index in [1.807, 2.05) is 18.5 Å². The number of aromatic nitrogens is 3. The predicted molar refractivity (Wildman–Crippen MR) is 200 cm³/mol. The highest BCUT2D eigenvalue weighted by Crippen LogP contribution is 2.36. The van der Waals surface area contributed by atoms with Gasteiger partial charge in [0.05, 0.1) is 11.4 Å². The third-order valence-corrected chi connectivity index (χ3v) is 9.18. The highest BCUT2D eigenvalue weighted by Gasteiger charge is 2.15. The van der Waals surface area contributed by atoms with Gasteiger partial charge in [-0.3, -0.25) is 4.98 Å². The van der Waals surface area contributed by atoms with Crippen LogP contribution in [-0.4, -0.2) is 15.0 Å². The van der Waals surface area contributed by atoms with Crippen LogP contribution >= 0.6 is 0 Å². The Morgan fingerprint density at radius 1 is 0.312 bits per heavy atom. The molecular weight excluding hydrogens is 583 g/mol. The molecule has 0 N–H and O–H groups in total. The molecule has 0 aliphatic heterocycles. The Labute approximate surface area is 278 Å². The van der Waals surface area contributed by atoms with Gasteiger partial charge >= 0.3 is 0 Å². The van der Waals surface area contributed by atoms with Crippen LogP contribution in [-0.2, 0) is 0 Å². The van der Waals surface area contributed by atoms with E-state index in [1.165, 1.54) is 21.5 Å². The van der Waals surface area contributed by atoms with Crippen LogP contribution < -0.4 is 0 Å². The topological polar surface area (TPSA) is 38.7 Å². The normalized spacial score (nSPS) is 11.3. The van der Waals surface area contributed by atoms with Gasteiger partial charge in [-0.2, -0.15) is 0 Å². The molecule has 0 unspecified atom stereocenters. The van der Waals surface area contributed by atoms with Gasteiger partial charge in [-0.05, 0) is 55.8 Å². The van der Waals surface area contributed by atoms with Gasteiger partial charge in [0.2, 0.25) is 0 Å². The molecule has 3 nitrogen and oxygen atoms in total. The first-order valence-corrected chi connectivity index (χ1v) is 16.2. The Bertz CT molecular complexity index is 2580. The van der Waals surface area contributed by atoms with E-state index in [-0.39, 0.29) is 0 Å². The van der Waals surface area contributed by atoms with Crippen LogP contribution in [0.15, 0.2) is 176 Å². The number of pyridine rings is 1. The van der Waals surface area contributed by atoms with Gasteiger partial charge in [0.25, 0.3) is 0 Å². The van der Waals surface area contributed by atoms with E-state index < -0.39 is 0 Å². The van der Waals surface area contributed by atoms with Gasteiger partial charge in [0, 0.05) is 40.0 Å². The molecule has 0 saturated heterocycles. The molecule has 0 aliphatic rings. The smallest absolute Gasteiger partial charge is 0.161 e. The summed E-state index contributed by atoms with van der Waals surface area (Å²) in [6.07, 6.45) is 3.87. The quantitative estimate of drug-likeness (QED) is 0.182. The SMILES string of the molecule is c1ccc(-c2cc(-c3ccc(-c4ccc(-c5cncc6ccccc56)cc4)cc3)nc(-c3cc4ccccc4c4ccccc34)n2)cc1. The van der Waals surface area contributed by atoms with Crippen molar-refractivity contribution in [1.29, 1.82) is 0 Å². The van der Waals surface area contributed by atoms with Crippen LogP contribution in [0, 0.1) is 0 Å². The van der Waals surface area contributed by atoms with E-state index in [2.05, 4.69) is 163 Å². The standard InChI is InChI=1S/C45H29N3/c1-2-10-33(11-3-1)43-27-44(48-45(47-43)41-26-35-12-4-6-14-37(35)39-16-8-9-17-40(39)41)34-24-20-31(21-25-34)30-18-22-32(23-19-30)42-29-46-28-36-13-5-7-15-38(36)42/h1-29H. The molecule has 9 aromatic rings. The zero-order chi connectivity index (χ0) is 31.9. The summed E-state index contributed by atoms with van der Waals surface area (Å²) < 4.78 is 0. The minimum atomic E-state index is 0.718. The monoisotopic (exact) mass is 611 g/mol. The lowest BCUT2D eigenvalue weighted by Gasteiger charge is -2.13. The summed E-state index contributed by atoms with van der Waals surface area (Å²) >= 11 is 0. The molecule has 0 aliphatic carbocycles. The molecule has 0 amide bonds. The van der Waals surface area contributed by atoms with Crippen LogP contribution in [0.3, 0.4) is 0 Å². The number of rotatable bonds is 5. The van der Waals surface area contributed by atoms with Crippen molar-refractivity contribution in [2.75, 3.05) is 0 Å². The van der Waals surface area contributed by atoms with E-state index in [1.54, 1.807) is 0 Å². The molecule has 9 rings (SSSR count). The van der Waals surface area contributed by atoms with Crippen LogP contribution in [0.4, 0.5) is 0 Å². The zero-order valence-corrected chi connectivity index (χ0v) is 26.1. The lowest BCUT2D eigenvalue weighted by Crippen LogP contribution is -1.97. The van der Waals surface area contributed by atoms with Crippen LogP contribution in [0.2, 0.25) is 0 Å². The second-order valence-corrected chi connectivity index (χ2v) is 12.1. The summed E-state index contributed by atoms with van der Waals surface area (Å²) in [4.78, 5) is 14.8. The summed E-state index contributed by atoms with van der Waals surface area (Å²) in [6.45, 7) is 0. The van der Waals surface area contributed by atoms with Crippen molar-refractivity contribution in [3.63, 3.8) is 0 Å². The number of benzene rings is 7. The van der Waals surface area contributed by atoms with Gasteiger partial charge in [0.1, 0.15) is 0 Å². The van der Waals surface area contributed by atoms with E-state index >= 15 is 0 Å². The highest BCUT2D eigenvalue weighted by atomic mass is 14.9.